The number of benzene rings is 1. The smallest absolute Gasteiger partial charge is 0.106 e. The lowest BCUT2D eigenvalue weighted by Gasteiger charge is -2.09. The summed E-state index contributed by atoms with van der Waals surface area (Å²) in [6, 6.07) is 4.15. The van der Waals surface area contributed by atoms with Crippen molar-refractivity contribution >= 4 is 32.9 Å². The molecule has 0 spiro atoms. The first-order valence-corrected chi connectivity index (χ1v) is 8.06. The molecule has 104 valence electrons. The Kier molecular flexibility index (Phi) is 5.45. The molecule has 0 aliphatic carbocycles. The summed E-state index contributed by atoms with van der Waals surface area (Å²) in [5, 5.41) is 3.43. The highest BCUT2D eigenvalue weighted by atomic mass is 32.1. The SMILES string of the molecule is CCCCCCCCNc1ccc2scnc2c1N. The zero-order valence-electron chi connectivity index (χ0n) is 11.6. The summed E-state index contributed by atoms with van der Waals surface area (Å²) in [4.78, 5) is 4.31. The summed E-state index contributed by atoms with van der Waals surface area (Å²) >= 11 is 1.63. The van der Waals surface area contributed by atoms with Crippen molar-refractivity contribution in [2.45, 2.75) is 45.4 Å². The topological polar surface area (TPSA) is 50.9 Å². The van der Waals surface area contributed by atoms with E-state index in [9.17, 15) is 0 Å². The van der Waals surface area contributed by atoms with Gasteiger partial charge in [-0.25, -0.2) is 4.98 Å². The van der Waals surface area contributed by atoms with Crippen LogP contribution in [0.15, 0.2) is 17.6 Å². The van der Waals surface area contributed by atoms with Gasteiger partial charge in [0.1, 0.15) is 5.52 Å². The van der Waals surface area contributed by atoms with Crippen LogP contribution < -0.4 is 11.1 Å². The van der Waals surface area contributed by atoms with Gasteiger partial charge < -0.3 is 11.1 Å². The molecule has 2 rings (SSSR count). The van der Waals surface area contributed by atoms with E-state index in [4.69, 9.17) is 5.73 Å². The maximum atomic E-state index is 6.13. The van der Waals surface area contributed by atoms with E-state index in [0.717, 1.165) is 28.1 Å². The molecule has 3 nitrogen and oxygen atoms in total. The van der Waals surface area contributed by atoms with Gasteiger partial charge >= 0.3 is 0 Å². The molecule has 0 atom stereocenters. The lowest BCUT2D eigenvalue weighted by molar-refractivity contribution is 0.617. The zero-order chi connectivity index (χ0) is 13.5. The van der Waals surface area contributed by atoms with Crippen molar-refractivity contribution < 1.29 is 0 Å². The lowest BCUT2D eigenvalue weighted by Crippen LogP contribution is -2.04. The fraction of sp³-hybridized carbons (Fsp3) is 0.533. The molecule has 0 amide bonds. The zero-order valence-corrected chi connectivity index (χ0v) is 12.4. The minimum absolute atomic E-state index is 0.782. The first kappa shape index (κ1) is 14.1. The van der Waals surface area contributed by atoms with Crippen LogP contribution in [0.5, 0.6) is 0 Å². The number of unbranched alkanes of at least 4 members (excludes halogenated alkanes) is 5. The maximum Gasteiger partial charge on any atom is 0.106 e. The number of hydrogen-bond donors (Lipinski definition) is 2. The van der Waals surface area contributed by atoms with Crippen LogP contribution in [-0.4, -0.2) is 11.5 Å². The molecular weight excluding hydrogens is 254 g/mol. The molecule has 3 N–H and O–H groups in total. The van der Waals surface area contributed by atoms with Crippen molar-refractivity contribution in [1.29, 1.82) is 0 Å². The molecule has 0 bridgehead atoms. The number of nitrogens with zero attached hydrogens (tertiary/aromatic N) is 1. The monoisotopic (exact) mass is 277 g/mol. The van der Waals surface area contributed by atoms with Crippen molar-refractivity contribution in [1.82, 2.24) is 4.98 Å². The van der Waals surface area contributed by atoms with Crippen LogP contribution in [0.25, 0.3) is 10.2 Å². The average molecular weight is 277 g/mol. The minimum atomic E-state index is 0.782. The Labute approximate surface area is 119 Å². The standard InChI is InChI=1S/C15H23N3S/c1-2-3-4-5-6-7-10-17-12-8-9-13-15(14(12)16)18-11-19-13/h8-9,11,17H,2-7,10,16H2,1H3. The molecule has 1 heterocycles. The first-order chi connectivity index (χ1) is 9.33. The van der Waals surface area contributed by atoms with E-state index >= 15 is 0 Å². The number of nitrogens with one attached hydrogen (secondary N) is 1. The Hall–Kier alpha value is -1.29. The van der Waals surface area contributed by atoms with Crippen LogP contribution in [0, 0.1) is 0 Å². The number of rotatable bonds is 8. The first-order valence-electron chi connectivity index (χ1n) is 7.18. The Bertz CT molecular complexity index is 507. The van der Waals surface area contributed by atoms with Crippen LogP contribution in [-0.2, 0) is 0 Å². The number of thiazole rings is 1. The van der Waals surface area contributed by atoms with Gasteiger partial charge in [0.15, 0.2) is 0 Å². The van der Waals surface area contributed by atoms with Crippen molar-refractivity contribution in [3.63, 3.8) is 0 Å². The fourth-order valence-electron chi connectivity index (χ4n) is 2.23. The number of nitrogens with two attached hydrogens (primary N) is 1. The van der Waals surface area contributed by atoms with Crippen LogP contribution >= 0.6 is 11.3 Å². The van der Waals surface area contributed by atoms with E-state index in [1.54, 1.807) is 11.3 Å². The van der Waals surface area contributed by atoms with Gasteiger partial charge in [0.25, 0.3) is 0 Å². The molecule has 0 radical (unpaired) electrons. The Morgan fingerprint density at radius 1 is 1.16 bits per heavy atom. The number of aromatic nitrogens is 1. The summed E-state index contributed by atoms with van der Waals surface area (Å²) in [6.07, 6.45) is 7.88. The number of anilines is 2. The average Bonchev–Trinajstić information content (AvgIpc) is 2.89. The van der Waals surface area contributed by atoms with Crippen molar-refractivity contribution in [3.8, 4) is 0 Å². The van der Waals surface area contributed by atoms with Gasteiger partial charge in [-0.15, -0.1) is 11.3 Å². The van der Waals surface area contributed by atoms with E-state index in [-0.39, 0.29) is 0 Å². The molecule has 0 saturated heterocycles. The highest BCUT2D eigenvalue weighted by Gasteiger charge is 2.05. The predicted octanol–water partition coefficient (Wildman–Crippen LogP) is 4.65. The van der Waals surface area contributed by atoms with Gasteiger partial charge in [0, 0.05) is 6.54 Å². The predicted molar refractivity (Wildman–Crippen MR) is 85.9 cm³/mol. The molecule has 0 aliphatic rings. The highest BCUT2D eigenvalue weighted by Crippen LogP contribution is 2.29. The van der Waals surface area contributed by atoms with Gasteiger partial charge in [-0.3, -0.25) is 0 Å². The third kappa shape index (κ3) is 3.83. The van der Waals surface area contributed by atoms with Crippen LogP contribution in [0.1, 0.15) is 45.4 Å². The molecule has 0 aliphatic heterocycles. The third-order valence-corrected chi connectivity index (χ3v) is 4.18. The summed E-state index contributed by atoms with van der Waals surface area (Å²) in [7, 11) is 0. The number of fused-ring (bicyclic) bond motifs is 1. The molecule has 19 heavy (non-hydrogen) atoms. The Balaban J connectivity index is 1.77. The minimum Gasteiger partial charge on any atom is -0.395 e. The van der Waals surface area contributed by atoms with Gasteiger partial charge in [-0.1, -0.05) is 39.0 Å². The summed E-state index contributed by atoms with van der Waals surface area (Å²) in [5.74, 6) is 0. The quantitative estimate of drug-likeness (QED) is 0.545. The van der Waals surface area contributed by atoms with Crippen LogP contribution in [0.2, 0.25) is 0 Å². The van der Waals surface area contributed by atoms with Gasteiger partial charge in [-0.05, 0) is 18.6 Å². The molecule has 1 aromatic heterocycles. The molecule has 1 aromatic carbocycles. The molecule has 2 aromatic rings. The fourth-order valence-corrected chi connectivity index (χ4v) is 2.93. The van der Waals surface area contributed by atoms with E-state index in [0.29, 0.717) is 0 Å². The second-order valence-corrected chi connectivity index (χ2v) is 5.81. The summed E-state index contributed by atoms with van der Waals surface area (Å²) in [6.45, 7) is 3.24. The largest absolute Gasteiger partial charge is 0.395 e. The highest BCUT2D eigenvalue weighted by molar-refractivity contribution is 7.16. The summed E-state index contributed by atoms with van der Waals surface area (Å²) in [5.41, 5.74) is 10.7. The summed E-state index contributed by atoms with van der Waals surface area (Å²) < 4.78 is 1.16. The van der Waals surface area contributed by atoms with Crippen molar-refractivity contribution in [2.75, 3.05) is 17.6 Å². The molecule has 0 fully saturated rings. The molecule has 0 unspecified atom stereocenters. The van der Waals surface area contributed by atoms with Crippen molar-refractivity contribution in [3.05, 3.63) is 17.6 Å². The molecular formula is C15H23N3S. The van der Waals surface area contributed by atoms with E-state index in [1.807, 2.05) is 5.51 Å². The Morgan fingerprint density at radius 2 is 1.95 bits per heavy atom. The maximum absolute atomic E-state index is 6.13. The number of nitrogen functional groups attached to an aromatic ring is 1. The van der Waals surface area contributed by atoms with E-state index in [2.05, 4.69) is 29.4 Å². The van der Waals surface area contributed by atoms with Crippen molar-refractivity contribution in [2.24, 2.45) is 0 Å². The normalized spacial score (nSPS) is 11.0. The second kappa shape index (κ2) is 7.34. The second-order valence-electron chi connectivity index (χ2n) is 4.92. The van der Waals surface area contributed by atoms with Gasteiger partial charge in [0.05, 0.1) is 21.6 Å². The van der Waals surface area contributed by atoms with Gasteiger partial charge in [-0.2, -0.15) is 0 Å². The van der Waals surface area contributed by atoms with E-state index in [1.165, 1.54) is 38.5 Å². The molecule has 0 saturated carbocycles. The van der Waals surface area contributed by atoms with E-state index < -0.39 is 0 Å². The Morgan fingerprint density at radius 3 is 2.79 bits per heavy atom. The van der Waals surface area contributed by atoms with Gasteiger partial charge in [0.2, 0.25) is 0 Å². The molecule has 4 heteroatoms. The lowest BCUT2D eigenvalue weighted by atomic mass is 10.1. The van der Waals surface area contributed by atoms with Crippen LogP contribution in [0.3, 0.4) is 0 Å². The van der Waals surface area contributed by atoms with Crippen LogP contribution in [0.4, 0.5) is 11.4 Å². The number of hydrogen-bond acceptors (Lipinski definition) is 4. The third-order valence-electron chi connectivity index (χ3n) is 3.39.